The van der Waals surface area contributed by atoms with E-state index in [0.29, 0.717) is 0 Å². The Morgan fingerprint density at radius 2 is 1.86 bits per heavy atom. The maximum Gasteiger partial charge on any atom is 0.123 e. The van der Waals surface area contributed by atoms with Crippen molar-refractivity contribution in [3.63, 3.8) is 0 Å². The molecule has 3 atom stereocenters. The first kappa shape index (κ1) is 16.5. The Labute approximate surface area is 129 Å². The van der Waals surface area contributed by atoms with Crippen molar-refractivity contribution >= 4 is 0 Å². The van der Waals surface area contributed by atoms with Crippen LogP contribution in [0.25, 0.3) is 0 Å². The van der Waals surface area contributed by atoms with Crippen molar-refractivity contribution in [1.29, 1.82) is 0 Å². The first-order chi connectivity index (χ1) is 10.2. The van der Waals surface area contributed by atoms with Gasteiger partial charge in [0.15, 0.2) is 0 Å². The van der Waals surface area contributed by atoms with Crippen molar-refractivity contribution < 1.29 is 4.39 Å². The fraction of sp³-hybridized carbons (Fsp3) is 0.684. The van der Waals surface area contributed by atoms with Gasteiger partial charge in [0, 0.05) is 0 Å². The van der Waals surface area contributed by atoms with Crippen LogP contribution in [0.3, 0.4) is 0 Å². The molecule has 1 aliphatic rings. The molecule has 0 heterocycles. The van der Waals surface area contributed by atoms with E-state index in [1.165, 1.54) is 37.7 Å². The zero-order valence-corrected chi connectivity index (χ0v) is 13.6. The van der Waals surface area contributed by atoms with E-state index in [9.17, 15) is 4.39 Å². The maximum absolute atomic E-state index is 13.1. The average molecular weight is 291 g/mol. The highest BCUT2D eigenvalue weighted by atomic mass is 19.1. The average Bonchev–Trinajstić information content (AvgIpc) is 2.49. The highest BCUT2D eigenvalue weighted by Crippen LogP contribution is 2.37. The van der Waals surface area contributed by atoms with E-state index >= 15 is 0 Å². The topological polar surface area (TPSA) is 12.0 Å². The van der Waals surface area contributed by atoms with Crippen LogP contribution in [0.4, 0.5) is 4.39 Å². The lowest BCUT2D eigenvalue weighted by molar-refractivity contribution is 0.168. The van der Waals surface area contributed by atoms with Gasteiger partial charge in [0.2, 0.25) is 0 Å². The van der Waals surface area contributed by atoms with Crippen LogP contribution in [0, 0.1) is 23.6 Å². The van der Waals surface area contributed by atoms with E-state index in [2.05, 4.69) is 19.2 Å². The summed E-state index contributed by atoms with van der Waals surface area (Å²) in [5, 5.41) is 3.53. The van der Waals surface area contributed by atoms with Gasteiger partial charge < -0.3 is 5.32 Å². The molecule has 118 valence electrons. The molecule has 1 aromatic rings. The summed E-state index contributed by atoms with van der Waals surface area (Å²) in [6.45, 7) is 6.66. The molecule has 21 heavy (non-hydrogen) atoms. The summed E-state index contributed by atoms with van der Waals surface area (Å²) in [6, 6.07) is 7.12. The molecule has 2 rings (SSSR count). The Kier molecular flexibility index (Phi) is 6.69. The molecule has 1 aromatic carbocycles. The quantitative estimate of drug-likeness (QED) is 0.760. The van der Waals surface area contributed by atoms with Crippen molar-refractivity contribution in [3.8, 4) is 0 Å². The molecule has 1 fully saturated rings. The van der Waals surface area contributed by atoms with Gasteiger partial charge in [-0.3, -0.25) is 0 Å². The van der Waals surface area contributed by atoms with Crippen LogP contribution in [0.5, 0.6) is 0 Å². The predicted molar refractivity (Wildman–Crippen MR) is 87.9 cm³/mol. The Balaban J connectivity index is 1.99. The Hall–Kier alpha value is -0.890. The fourth-order valence-corrected chi connectivity index (χ4v) is 3.87. The van der Waals surface area contributed by atoms with Gasteiger partial charge in [0.1, 0.15) is 5.82 Å². The van der Waals surface area contributed by atoms with Crippen LogP contribution in [0.1, 0.15) is 51.5 Å². The molecule has 1 saturated carbocycles. The zero-order valence-electron chi connectivity index (χ0n) is 13.6. The van der Waals surface area contributed by atoms with Crippen molar-refractivity contribution in [1.82, 2.24) is 5.32 Å². The summed E-state index contributed by atoms with van der Waals surface area (Å²) in [5.74, 6) is 2.30. The predicted octanol–water partition coefficient (Wildman–Crippen LogP) is 4.81. The summed E-state index contributed by atoms with van der Waals surface area (Å²) in [5.41, 5.74) is 1.29. The molecule has 0 amide bonds. The number of hydrogen-bond donors (Lipinski definition) is 1. The third-order valence-electron chi connectivity index (χ3n) is 5.01. The lowest BCUT2D eigenvalue weighted by Crippen LogP contribution is -2.34. The van der Waals surface area contributed by atoms with Gasteiger partial charge in [-0.1, -0.05) is 45.2 Å². The van der Waals surface area contributed by atoms with Crippen molar-refractivity contribution in [2.45, 2.75) is 52.4 Å². The van der Waals surface area contributed by atoms with Gasteiger partial charge in [-0.25, -0.2) is 4.39 Å². The van der Waals surface area contributed by atoms with Crippen molar-refractivity contribution in [2.75, 3.05) is 13.1 Å². The van der Waals surface area contributed by atoms with Gasteiger partial charge in [-0.05, 0) is 67.8 Å². The molecule has 0 spiro atoms. The molecule has 0 aliphatic heterocycles. The molecule has 0 bridgehead atoms. The van der Waals surface area contributed by atoms with Crippen molar-refractivity contribution in [2.24, 2.45) is 17.8 Å². The van der Waals surface area contributed by atoms with Gasteiger partial charge in [0.25, 0.3) is 0 Å². The molecular formula is C19H30FN. The monoisotopic (exact) mass is 291 g/mol. The normalized spacial score (nSPS) is 26.0. The smallest absolute Gasteiger partial charge is 0.123 e. The summed E-state index contributed by atoms with van der Waals surface area (Å²) in [7, 11) is 0. The largest absolute Gasteiger partial charge is 0.317 e. The second-order valence-corrected chi connectivity index (χ2v) is 6.63. The molecule has 1 nitrogen and oxygen atoms in total. The molecule has 0 aromatic heterocycles. The molecule has 0 saturated heterocycles. The second kappa shape index (κ2) is 8.53. The number of hydrogen-bond acceptors (Lipinski definition) is 1. The third kappa shape index (κ3) is 5.10. The number of benzene rings is 1. The van der Waals surface area contributed by atoms with Gasteiger partial charge in [-0.15, -0.1) is 0 Å². The molecular weight excluding hydrogens is 261 g/mol. The summed E-state index contributed by atoms with van der Waals surface area (Å²) >= 11 is 0. The lowest BCUT2D eigenvalue weighted by atomic mass is 9.70. The standard InChI is InChI=1S/C19H30FN/c1-3-5-15-6-9-17(14-21-4-2)18(12-15)13-16-7-10-19(20)11-8-16/h7-8,10-11,15,17-18,21H,3-6,9,12-14H2,1-2H3. The Morgan fingerprint density at radius 3 is 2.52 bits per heavy atom. The van der Waals surface area contributed by atoms with Gasteiger partial charge >= 0.3 is 0 Å². The molecule has 1 aliphatic carbocycles. The van der Waals surface area contributed by atoms with E-state index in [1.54, 1.807) is 12.1 Å². The molecule has 3 unspecified atom stereocenters. The maximum atomic E-state index is 13.1. The summed E-state index contributed by atoms with van der Waals surface area (Å²) < 4.78 is 13.1. The Bertz CT molecular complexity index is 401. The highest BCUT2D eigenvalue weighted by Gasteiger charge is 2.29. The minimum Gasteiger partial charge on any atom is -0.317 e. The number of halogens is 1. The number of rotatable bonds is 7. The van der Waals surface area contributed by atoms with E-state index in [1.807, 2.05) is 12.1 Å². The second-order valence-electron chi connectivity index (χ2n) is 6.63. The van der Waals surface area contributed by atoms with E-state index < -0.39 is 0 Å². The zero-order chi connectivity index (χ0) is 15.1. The summed E-state index contributed by atoms with van der Waals surface area (Å²) in [4.78, 5) is 0. The van der Waals surface area contributed by atoms with Crippen molar-refractivity contribution in [3.05, 3.63) is 35.6 Å². The fourth-order valence-electron chi connectivity index (χ4n) is 3.87. The highest BCUT2D eigenvalue weighted by molar-refractivity contribution is 5.17. The van der Waals surface area contributed by atoms with Crippen LogP contribution in [0.15, 0.2) is 24.3 Å². The molecule has 0 radical (unpaired) electrons. The minimum atomic E-state index is -0.129. The van der Waals surface area contributed by atoms with Crippen LogP contribution in [0.2, 0.25) is 0 Å². The van der Waals surface area contributed by atoms with Crippen LogP contribution in [-0.4, -0.2) is 13.1 Å². The first-order valence-corrected chi connectivity index (χ1v) is 8.68. The molecule has 1 N–H and O–H groups in total. The van der Waals surface area contributed by atoms with E-state index in [0.717, 1.165) is 37.3 Å². The summed E-state index contributed by atoms with van der Waals surface area (Å²) in [6.07, 6.45) is 7.87. The van der Waals surface area contributed by atoms with E-state index in [-0.39, 0.29) is 5.82 Å². The Morgan fingerprint density at radius 1 is 1.10 bits per heavy atom. The van der Waals surface area contributed by atoms with E-state index in [4.69, 9.17) is 0 Å². The van der Waals surface area contributed by atoms with Gasteiger partial charge in [0.05, 0.1) is 0 Å². The minimum absolute atomic E-state index is 0.129. The SMILES string of the molecule is CCCC1CCC(CNCC)C(Cc2ccc(F)cc2)C1. The third-order valence-corrected chi connectivity index (χ3v) is 5.01. The van der Waals surface area contributed by atoms with Crippen LogP contribution in [-0.2, 0) is 6.42 Å². The first-order valence-electron chi connectivity index (χ1n) is 8.68. The van der Waals surface area contributed by atoms with Crippen LogP contribution < -0.4 is 5.32 Å². The molecule has 2 heteroatoms. The number of nitrogens with one attached hydrogen (secondary N) is 1. The lowest BCUT2D eigenvalue weighted by Gasteiger charge is -2.36. The van der Waals surface area contributed by atoms with Crippen LogP contribution >= 0.6 is 0 Å². The van der Waals surface area contributed by atoms with Gasteiger partial charge in [-0.2, -0.15) is 0 Å².